The summed E-state index contributed by atoms with van der Waals surface area (Å²) in [5.74, 6) is 0. The first kappa shape index (κ1) is 10.5. The van der Waals surface area contributed by atoms with Gasteiger partial charge >= 0.3 is 0 Å². The van der Waals surface area contributed by atoms with Crippen LogP contribution in [0.5, 0.6) is 0 Å². The van der Waals surface area contributed by atoms with E-state index >= 15 is 0 Å². The average molecular weight is 195 g/mol. The van der Waals surface area contributed by atoms with E-state index in [0.717, 1.165) is 6.04 Å². The van der Waals surface area contributed by atoms with E-state index < -0.39 is 0 Å². The van der Waals surface area contributed by atoms with Crippen molar-refractivity contribution in [2.75, 3.05) is 6.54 Å². The van der Waals surface area contributed by atoms with Crippen LogP contribution in [0.2, 0.25) is 0 Å². The molecule has 0 aromatic rings. The summed E-state index contributed by atoms with van der Waals surface area (Å²) in [6.07, 6.45) is 8.59. The molecule has 0 radical (unpaired) electrons. The molecule has 1 heteroatoms. The second-order valence-corrected chi connectivity index (χ2v) is 6.01. The summed E-state index contributed by atoms with van der Waals surface area (Å²) < 4.78 is 0. The molecular weight excluding hydrogens is 170 g/mol. The maximum Gasteiger partial charge on any atom is 0.00927 e. The normalized spacial score (nSPS) is 28.5. The van der Waals surface area contributed by atoms with Crippen molar-refractivity contribution < 1.29 is 0 Å². The molecule has 1 N–H and O–H groups in total. The summed E-state index contributed by atoms with van der Waals surface area (Å²) in [4.78, 5) is 0. The van der Waals surface area contributed by atoms with E-state index in [1.807, 2.05) is 0 Å². The molecule has 14 heavy (non-hydrogen) atoms. The maximum atomic E-state index is 3.77. The highest BCUT2D eigenvalue weighted by Crippen LogP contribution is 2.51. The molecular formula is C13H25N. The molecule has 0 saturated heterocycles. The second-order valence-electron chi connectivity index (χ2n) is 6.01. The fraction of sp³-hybridized carbons (Fsp3) is 1.00. The van der Waals surface area contributed by atoms with E-state index in [4.69, 9.17) is 0 Å². The van der Waals surface area contributed by atoms with Gasteiger partial charge in [-0.1, -0.05) is 20.3 Å². The molecule has 0 aromatic heterocycles. The van der Waals surface area contributed by atoms with Gasteiger partial charge in [-0.2, -0.15) is 0 Å². The molecule has 0 aliphatic heterocycles. The van der Waals surface area contributed by atoms with Gasteiger partial charge in [0.15, 0.2) is 0 Å². The summed E-state index contributed by atoms with van der Waals surface area (Å²) in [5.41, 5.74) is 1.36. The van der Waals surface area contributed by atoms with Gasteiger partial charge in [0.25, 0.3) is 0 Å². The SMILES string of the molecule is CCCC1(CNC(C)C2(C)CC2)CC1. The summed E-state index contributed by atoms with van der Waals surface area (Å²) in [6.45, 7) is 8.38. The first-order valence-electron chi connectivity index (χ1n) is 6.34. The van der Waals surface area contributed by atoms with Crippen molar-refractivity contribution in [3.05, 3.63) is 0 Å². The van der Waals surface area contributed by atoms with Crippen LogP contribution in [-0.4, -0.2) is 12.6 Å². The van der Waals surface area contributed by atoms with E-state index in [2.05, 4.69) is 26.1 Å². The van der Waals surface area contributed by atoms with Crippen LogP contribution in [0, 0.1) is 10.8 Å². The van der Waals surface area contributed by atoms with Crippen LogP contribution in [0.25, 0.3) is 0 Å². The number of nitrogens with one attached hydrogen (secondary N) is 1. The fourth-order valence-corrected chi connectivity index (χ4v) is 2.47. The van der Waals surface area contributed by atoms with E-state index in [1.54, 1.807) is 0 Å². The molecule has 2 aliphatic rings. The van der Waals surface area contributed by atoms with Crippen molar-refractivity contribution in [3.8, 4) is 0 Å². The minimum absolute atomic E-state index is 0.641. The van der Waals surface area contributed by atoms with Crippen molar-refractivity contribution in [2.24, 2.45) is 10.8 Å². The van der Waals surface area contributed by atoms with Gasteiger partial charge in [0.2, 0.25) is 0 Å². The monoisotopic (exact) mass is 195 g/mol. The number of hydrogen-bond acceptors (Lipinski definition) is 1. The Bertz CT molecular complexity index is 201. The van der Waals surface area contributed by atoms with Crippen molar-refractivity contribution in [2.45, 2.75) is 65.3 Å². The van der Waals surface area contributed by atoms with Gasteiger partial charge in [-0.25, -0.2) is 0 Å². The molecule has 1 atom stereocenters. The fourth-order valence-electron chi connectivity index (χ4n) is 2.47. The van der Waals surface area contributed by atoms with E-state index in [1.165, 1.54) is 45.1 Å². The smallest absolute Gasteiger partial charge is 0.00927 e. The van der Waals surface area contributed by atoms with Gasteiger partial charge in [-0.3, -0.25) is 0 Å². The number of hydrogen-bond donors (Lipinski definition) is 1. The molecule has 0 aromatic carbocycles. The van der Waals surface area contributed by atoms with Gasteiger partial charge in [-0.15, -0.1) is 0 Å². The zero-order valence-electron chi connectivity index (χ0n) is 10.0. The van der Waals surface area contributed by atoms with Crippen LogP contribution < -0.4 is 5.32 Å². The van der Waals surface area contributed by atoms with Crippen molar-refractivity contribution in [1.82, 2.24) is 5.32 Å². The Kier molecular flexibility index (Phi) is 2.63. The molecule has 1 unspecified atom stereocenters. The minimum Gasteiger partial charge on any atom is -0.313 e. The third kappa shape index (κ3) is 2.13. The lowest BCUT2D eigenvalue weighted by Gasteiger charge is -2.24. The molecule has 2 saturated carbocycles. The summed E-state index contributed by atoms with van der Waals surface area (Å²) in [7, 11) is 0. The average Bonchev–Trinajstić information content (AvgIpc) is 3.03. The summed E-state index contributed by atoms with van der Waals surface area (Å²) in [5, 5.41) is 3.77. The lowest BCUT2D eigenvalue weighted by Crippen LogP contribution is -2.37. The largest absolute Gasteiger partial charge is 0.313 e. The molecule has 2 rings (SSSR count). The maximum absolute atomic E-state index is 3.77. The van der Waals surface area contributed by atoms with Crippen molar-refractivity contribution >= 4 is 0 Å². The van der Waals surface area contributed by atoms with Gasteiger partial charge in [0.05, 0.1) is 0 Å². The lowest BCUT2D eigenvalue weighted by atomic mass is 9.97. The molecule has 0 amide bonds. The molecule has 2 aliphatic carbocycles. The van der Waals surface area contributed by atoms with E-state index in [0.29, 0.717) is 10.8 Å². The first-order chi connectivity index (χ1) is 6.60. The predicted octanol–water partition coefficient (Wildman–Crippen LogP) is 3.34. The molecule has 1 nitrogen and oxygen atoms in total. The van der Waals surface area contributed by atoms with E-state index in [-0.39, 0.29) is 0 Å². The highest BCUT2D eigenvalue weighted by molar-refractivity contribution is 5.00. The van der Waals surface area contributed by atoms with Crippen LogP contribution in [0.3, 0.4) is 0 Å². The highest BCUT2D eigenvalue weighted by Gasteiger charge is 2.45. The van der Waals surface area contributed by atoms with Gasteiger partial charge < -0.3 is 5.32 Å². The third-order valence-electron chi connectivity index (χ3n) is 4.60. The van der Waals surface area contributed by atoms with Gasteiger partial charge in [0.1, 0.15) is 0 Å². The zero-order chi connectivity index (χ0) is 10.2. The first-order valence-corrected chi connectivity index (χ1v) is 6.34. The van der Waals surface area contributed by atoms with Gasteiger partial charge in [0, 0.05) is 12.6 Å². The summed E-state index contributed by atoms with van der Waals surface area (Å²) >= 11 is 0. The Labute approximate surface area is 88.7 Å². The Hall–Kier alpha value is -0.0400. The topological polar surface area (TPSA) is 12.0 Å². The Balaban J connectivity index is 1.71. The standard InChI is InChI=1S/C13H25N/c1-4-5-13(8-9-13)10-14-11(2)12(3)6-7-12/h11,14H,4-10H2,1-3H3. The second kappa shape index (κ2) is 3.52. The Morgan fingerprint density at radius 2 is 1.86 bits per heavy atom. The Morgan fingerprint density at radius 3 is 2.29 bits per heavy atom. The van der Waals surface area contributed by atoms with Crippen LogP contribution in [0.15, 0.2) is 0 Å². The van der Waals surface area contributed by atoms with Gasteiger partial charge in [-0.05, 0) is 49.9 Å². The zero-order valence-corrected chi connectivity index (χ0v) is 10.0. The Morgan fingerprint density at radius 1 is 1.21 bits per heavy atom. The molecule has 2 fully saturated rings. The minimum atomic E-state index is 0.641. The van der Waals surface area contributed by atoms with Crippen molar-refractivity contribution in [1.29, 1.82) is 0 Å². The molecule has 82 valence electrons. The van der Waals surface area contributed by atoms with Crippen LogP contribution >= 0.6 is 0 Å². The van der Waals surface area contributed by atoms with E-state index in [9.17, 15) is 0 Å². The highest BCUT2D eigenvalue weighted by atomic mass is 15.0. The number of rotatable bonds is 6. The predicted molar refractivity (Wildman–Crippen MR) is 61.4 cm³/mol. The van der Waals surface area contributed by atoms with Crippen molar-refractivity contribution in [3.63, 3.8) is 0 Å². The summed E-state index contributed by atoms with van der Waals surface area (Å²) in [6, 6.07) is 0.733. The quantitative estimate of drug-likeness (QED) is 0.685. The molecule has 0 spiro atoms. The van der Waals surface area contributed by atoms with Crippen LogP contribution in [-0.2, 0) is 0 Å². The molecule has 0 heterocycles. The lowest BCUT2D eigenvalue weighted by molar-refractivity contribution is 0.329. The molecule has 0 bridgehead atoms. The third-order valence-corrected chi connectivity index (χ3v) is 4.60. The van der Waals surface area contributed by atoms with Crippen LogP contribution in [0.4, 0.5) is 0 Å². The van der Waals surface area contributed by atoms with Crippen LogP contribution in [0.1, 0.15) is 59.3 Å².